The van der Waals surface area contributed by atoms with Gasteiger partial charge in [0.1, 0.15) is 5.75 Å². The minimum atomic E-state index is -0.188. The lowest BCUT2D eigenvalue weighted by Crippen LogP contribution is -2.36. The second kappa shape index (κ2) is 8.82. The third kappa shape index (κ3) is 5.32. The van der Waals surface area contributed by atoms with E-state index < -0.39 is 0 Å². The Morgan fingerprint density at radius 2 is 2.09 bits per heavy atom. The SMILES string of the molecule is CCOc1ccccc1CCNC(=O)NCc1cc(CC)n[nH]1. The summed E-state index contributed by atoms with van der Waals surface area (Å²) in [6.45, 7) is 5.63. The molecule has 1 heterocycles. The van der Waals surface area contributed by atoms with Crippen molar-refractivity contribution in [3.8, 4) is 5.75 Å². The molecule has 2 rings (SSSR count). The van der Waals surface area contributed by atoms with E-state index in [1.54, 1.807) is 0 Å². The smallest absolute Gasteiger partial charge is 0.315 e. The van der Waals surface area contributed by atoms with Crippen molar-refractivity contribution in [3.63, 3.8) is 0 Å². The normalized spacial score (nSPS) is 10.3. The molecule has 23 heavy (non-hydrogen) atoms. The number of aromatic amines is 1. The Morgan fingerprint density at radius 1 is 1.26 bits per heavy atom. The first kappa shape index (κ1) is 16.9. The fourth-order valence-electron chi connectivity index (χ4n) is 2.24. The number of urea groups is 1. The van der Waals surface area contributed by atoms with E-state index in [2.05, 4.69) is 20.8 Å². The molecule has 0 fully saturated rings. The lowest BCUT2D eigenvalue weighted by atomic mass is 10.1. The van der Waals surface area contributed by atoms with Crippen LogP contribution in [0, 0.1) is 0 Å². The molecule has 0 aliphatic heterocycles. The van der Waals surface area contributed by atoms with Crippen LogP contribution in [0.4, 0.5) is 4.79 Å². The number of benzene rings is 1. The van der Waals surface area contributed by atoms with Gasteiger partial charge in [-0.2, -0.15) is 5.10 Å². The van der Waals surface area contributed by atoms with Gasteiger partial charge in [0, 0.05) is 6.54 Å². The molecule has 1 aromatic heterocycles. The molecule has 0 spiro atoms. The standard InChI is InChI=1S/C17H24N4O2/c1-3-14-11-15(21-20-14)12-19-17(22)18-10-9-13-7-5-6-8-16(13)23-4-2/h5-8,11H,3-4,9-10,12H2,1-2H3,(H,20,21)(H2,18,19,22). The van der Waals surface area contributed by atoms with Crippen molar-refractivity contribution in [1.29, 1.82) is 0 Å². The van der Waals surface area contributed by atoms with E-state index in [-0.39, 0.29) is 6.03 Å². The topological polar surface area (TPSA) is 79.0 Å². The molecule has 124 valence electrons. The largest absolute Gasteiger partial charge is 0.494 e. The average Bonchev–Trinajstić information content (AvgIpc) is 3.03. The minimum Gasteiger partial charge on any atom is -0.494 e. The van der Waals surface area contributed by atoms with Gasteiger partial charge >= 0.3 is 6.03 Å². The van der Waals surface area contributed by atoms with Gasteiger partial charge in [-0.05, 0) is 37.5 Å². The van der Waals surface area contributed by atoms with E-state index in [4.69, 9.17) is 4.74 Å². The molecule has 0 aliphatic rings. The molecule has 0 atom stereocenters. The third-order valence-electron chi connectivity index (χ3n) is 3.44. The first-order chi connectivity index (χ1) is 11.2. The van der Waals surface area contributed by atoms with Gasteiger partial charge in [-0.3, -0.25) is 5.10 Å². The number of nitrogens with one attached hydrogen (secondary N) is 3. The summed E-state index contributed by atoms with van der Waals surface area (Å²) in [5.41, 5.74) is 2.99. The van der Waals surface area contributed by atoms with Gasteiger partial charge < -0.3 is 15.4 Å². The van der Waals surface area contributed by atoms with Gasteiger partial charge in [0.15, 0.2) is 0 Å². The molecule has 0 unspecified atom stereocenters. The Kier molecular flexibility index (Phi) is 6.47. The fraction of sp³-hybridized carbons (Fsp3) is 0.412. The quantitative estimate of drug-likeness (QED) is 0.700. The number of amides is 2. The second-order valence-corrected chi connectivity index (χ2v) is 5.14. The zero-order valence-corrected chi connectivity index (χ0v) is 13.7. The Hall–Kier alpha value is -2.50. The molecular weight excluding hydrogens is 292 g/mol. The first-order valence-electron chi connectivity index (χ1n) is 7.98. The van der Waals surface area contributed by atoms with Crippen molar-refractivity contribution >= 4 is 6.03 Å². The monoisotopic (exact) mass is 316 g/mol. The van der Waals surface area contributed by atoms with Crippen LogP contribution in [0.1, 0.15) is 30.8 Å². The predicted octanol–water partition coefficient (Wildman–Crippen LogP) is 2.41. The van der Waals surface area contributed by atoms with Crippen LogP contribution in [-0.2, 0) is 19.4 Å². The number of hydrogen-bond donors (Lipinski definition) is 3. The van der Waals surface area contributed by atoms with Crippen LogP contribution in [0.2, 0.25) is 0 Å². The molecule has 0 saturated heterocycles. The Balaban J connectivity index is 1.72. The van der Waals surface area contributed by atoms with Crippen LogP contribution in [0.25, 0.3) is 0 Å². The summed E-state index contributed by atoms with van der Waals surface area (Å²) < 4.78 is 5.57. The summed E-state index contributed by atoms with van der Waals surface area (Å²) in [4.78, 5) is 11.8. The van der Waals surface area contributed by atoms with Crippen LogP contribution in [0.5, 0.6) is 5.75 Å². The van der Waals surface area contributed by atoms with Crippen molar-refractivity contribution in [1.82, 2.24) is 20.8 Å². The number of hydrogen-bond acceptors (Lipinski definition) is 3. The zero-order chi connectivity index (χ0) is 16.5. The van der Waals surface area contributed by atoms with E-state index in [1.807, 2.05) is 44.2 Å². The van der Waals surface area contributed by atoms with Crippen LogP contribution in [0.15, 0.2) is 30.3 Å². The van der Waals surface area contributed by atoms with E-state index in [1.165, 1.54) is 0 Å². The lowest BCUT2D eigenvalue weighted by molar-refractivity contribution is 0.240. The van der Waals surface area contributed by atoms with Gasteiger partial charge in [-0.15, -0.1) is 0 Å². The summed E-state index contributed by atoms with van der Waals surface area (Å²) in [5.74, 6) is 0.877. The van der Waals surface area contributed by atoms with E-state index in [0.29, 0.717) is 19.7 Å². The molecule has 0 radical (unpaired) electrons. The van der Waals surface area contributed by atoms with E-state index >= 15 is 0 Å². The molecule has 1 aromatic carbocycles. The van der Waals surface area contributed by atoms with Crippen molar-refractivity contribution in [2.24, 2.45) is 0 Å². The highest BCUT2D eigenvalue weighted by atomic mass is 16.5. The lowest BCUT2D eigenvalue weighted by Gasteiger charge is -2.11. The maximum absolute atomic E-state index is 11.8. The summed E-state index contributed by atoms with van der Waals surface area (Å²) in [6.07, 6.45) is 1.61. The Labute approximate surface area is 136 Å². The summed E-state index contributed by atoms with van der Waals surface area (Å²) in [6, 6.07) is 9.65. The van der Waals surface area contributed by atoms with Crippen molar-refractivity contribution in [2.75, 3.05) is 13.2 Å². The highest BCUT2D eigenvalue weighted by Gasteiger charge is 2.05. The van der Waals surface area contributed by atoms with Crippen LogP contribution >= 0.6 is 0 Å². The number of aromatic nitrogens is 2. The van der Waals surface area contributed by atoms with Crippen LogP contribution < -0.4 is 15.4 Å². The average molecular weight is 316 g/mol. The highest BCUT2D eigenvalue weighted by molar-refractivity contribution is 5.73. The Morgan fingerprint density at radius 3 is 2.83 bits per heavy atom. The maximum Gasteiger partial charge on any atom is 0.315 e. The molecule has 3 N–H and O–H groups in total. The maximum atomic E-state index is 11.8. The van der Waals surface area contributed by atoms with Crippen molar-refractivity contribution < 1.29 is 9.53 Å². The number of carbonyl (C=O) groups is 1. The molecule has 2 aromatic rings. The fourth-order valence-corrected chi connectivity index (χ4v) is 2.24. The highest BCUT2D eigenvalue weighted by Crippen LogP contribution is 2.17. The number of nitrogens with zero attached hydrogens (tertiary/aromatic N) is 1. The molecule has 6 nitrogen and oxygen atoms in total. The van der Waals surface area contributed by atoms with Crippen LogP contribution in [-0.4, -0.2) is 29.4 Å². The van der Waals surface area contributed by atoms with Gasteiger partial charge in [-0.25, -0.2) is 4.79 Å². The minimum absolute atomic E-state index is 0.188. The number of H-pyrrole nitrogens is 1. The molecule has 0 bridgehead atoms. The molecular formula is C17H24N4O2. The van der Waals surface area contributed by atoms with E-state index in [9.17, 15) is 4.79 Å². The number of rotatable bonds is 8. The van der Waals surface area contributed by atoms with Gasteiger partial charge in [0.05, 0.1) is 24.5 Å². The third-order valence-corrected chi connectivity index (χ3v) is 3.44. The molecule has 0 saturated carbocycles. The molecule has 2 amide bonds. The second-order valence-electron chi connectivity index (χ2n) is 5.14. The Bertz CT molecular complexity index is 625. The van der Waals surface area contributed by atoms with Gasteiger partial charge in [0.25, 0.3) is 0 Å². The predicted molar refractivity (Wildman–Crippen MR) is 89.5 cm³/mol. The van der Waals surface area contributed by atoms with Crippen LogP contribution in [0.3, 0.4) is 0 Å². The summed E-state index contributed by atoms with van der Waals surface area (Å²) in [7, 11) is 0. The van der Waals surface area contributed by atoms with Gasteiger partial charge in [0.2, 0.25) is 0 Å². The zero-order valence-electron chi connectivity index (χ0n) is 13.7. The first-order valence-corrected chi connectivity index (χ1v) is 7.98. The summed E-state index contributed by atoms with van der Waals surface area (Å²) in [5, 5.41) is 12.7. The van der Waals surface area contributed by atoms with Crippen molar-refractivity contribution in [2.45, 2.75) is 33.2 Å². The van der Waals surface area contributed by atoms with Crippen molar-refractivity contribution in [3.05, 3.63) is 47.3 Å². The number of aryl methyl sites for hydroxylation is 1. The molecule has 0 aliphatic carbocycles. The number of carbonyl (C=O) groups excluding carboxylic acids is 1. The number of para-hydroxylation sites is 1. The molecule has 6 heteroatoms. The van der Waals surface area contributed by atoms with E-state index in [0.717, 1.165) is 35.5 Å². The summed E-state index contributed by atoms with van der Waals surface area (Å²) >= 11 is 0. The van der Waals surface area contributed by atoms with Gasteiger partial charge in [-0.1, -0.05) is 25.1 Å². The number of ether oxygens (including phenoxy) is 1.